The fourth-order valence-electron chi connectivity index (χ4n) is 4.52. The molecule has 3 aromatic rings. The van der Waals surface area contributed by atoms with Crippen LogP contribution in [0.4, 0.5) is 0 Å². The molecule has 0 bridgehead atoms. The van der Waals surface area contributed by atoms with Crippen LogP contribution in [0.15, 0.2) is 84.9 Å². The number of hydrogen-bond acceptors (Lipinski definition) is 4. The van der Waals surface area contributed by atoms with Gasteiger partial charge in [-0.2, -0.15) is 5.26 Å². The molecule has 31 heavy (non-hydrogen) atoms. The minimum absolute atomic E-state index is 0.160. The Morgan fingerprint density at radius 2 is 1.42 bits per heavy atom. The second-order valence-corrected chi connectivity index (χ2v) is 8.10. The zero-order chi connectivity index (χ0) is 21.5. The number of rotatable bonds is 7. The van der Waals surface area contributed by atoms with Crippen molar-refractivity contribution < 1.29 is 9.84 Å². The van der Waals surface area contributed by atoms with E-state index in [0.29, 0.717) is 12.2 Å². The fraction of sp³-hybridized carbons (Fsp3) is 0.296. The van der Waals surface area contributed by atoms with Crippen molar-refractivity contribution in [1.29, 1.82) is 5.26 Å². The molecule has 4 heteroatoms. The van der Waals surface area contributed by atoms with E-state index >= 15 is 0 Å². The zero-order valence-corrected chi connectivity index (χ0v) is 17.7. The average molecular weight is 413 g/mol. The first kappa shape index (κ1) is 21.1. The summed E-state index contributed by atoms with van der Waals surface area (Å²) >= 11 is 0. The molecule has 1 aliphatic heterocycles. The van der Waals surface area contributed by atoms with Gasteiger partial charge in [0.1, 0.15) is 18.0 Å². The minimum Gasteiger partial charge on any atom is -0.492 e. The van der Waals surface area contributed by atoms with E-state index in [9.17, 15) is 5.11 Å². The first-order valence-electron chi connectivity index (χ1n) is 10.9. The van der Waals surface area contributed by atoms with E-state index in [2.05, 4.69) is 11.0 Å². The highest BCUT2D eigenvalue weighted by molar-refractivity contribution is 5.37. The van der Waals surface area contributed by atoms with E-state index in [1.807, 2.05) is 72.8 Å². The highest BCUT2D eigenvalue weighted by Gasteiger charge is 2.41. The van der Waals surface area contributed by atoms with Crippen LogP contribution in [0, 0.1) is 17.2 Å². The first-order chi connectivity index (χ1) is 15.2. The average Bonchev–Trinajstić information content (AvgIpc) is 2.85. The Bertz CT molecular complexity index is 949. The summed E-state index contributed by atoms with van der Waals surface area (Å²) in [5.74, 6) is 0.949. The molecule has 1 N–H and O–H groups in total. The highest BCUT2D eigenvalue weighted by atomic mass is 16.5. The van der Waals surface area contributed by atoms with Crippen LogP contribution in [0.25, 0.3) is 0 Å². The van der Waals surface area contributed by atoms with E-state index in [0.717, 1.165) is 49.4 Å². The number of nitrogens with zero attached hydrogens (tertiary/aromatic N) is 2. The van der Waals surface area contributed by atoms with Gasteiger partial charge >= 0.3 is 0 Å². The monoisotopic (exact) mass is 412 g/mol. The maximum absolute atomic E-state index is 12.0. The van der Waals surface area contributed by atoms with Gasteiger partial charge in [-0.1, -0.05) is 60.7 Å². The molecule has 1 fully saturated rings. The molecule has 0 spiro atoms. The SMILES string of the molecule is N#Cc1ccc(OCCN2CCC(C(O)(c3ccccc3)c3ccccc3)CC2)cc1. The van der Waals surface area contributed by atoms with Gasteiger partial charge < -0.3 is 9.84 Å². The molecule has 1 aliphatic rings. The highest BCUT2D eigenvalue weighted by Crippen LogP contribution is 2.41. The summed E-state index contributed by atoms with van der Waals surface area (Å²) in [5.41, 5.74) is 1.58. The lowest BCUT2D eigenvalue weighted by Gasteiger charge is -2.42. The smallest absolute Gasteiger partial charge is 0.119 e. The summed E-state index contributed by atoms with van der Waals surface area (Å²) < 4.78 is 5.84. The van der Waals surface area contributed by atoms with Crippen molar-refractivity contribution in [2.75, 3.05) is 26.2 Å². The van der Waals surface area contributed by atoms with E-state index in [-0.39, 0.29) is 5.92 Å². The molecule has 4 nitrogen and oxygen atoms in total. The third-order valence-electron chi connectivity index (χ3n) is 6.27. The molecule has 0 radical (unpaired) electrons. The molecule has 0 atom stereocenters. The molecule has 0 unspecified atom stereocenters. The predicted molar refractivity (Wildman–Crippen MR) is 122 cm³/mol. The van der Waals surface area contributed by atoms with Crippen molar-refractivity contribution in [2.45, 2.75) is 18.4 Å². The minimum atomic E-state index is -0.979. The lowest BCUT2D eigenvalue weighted by atomic mass is 9.72. The van der Waals surface area contributed by atoms with Crippen molar-refractivity contribution >= 4 is 0 Å². The number of nitriles is 1. The van der Waals surface area contributed by atoms with Crippen LogP contribution in [-0.2, 0) is 5.60 Å². The zero-order valence-electron chi connectivity index (χ0n) is 17.7. The van der Waals surface area contributed by atoms with Gasteiger partial charge in [-0.25, -0.2) is 0 Å². The number of aliphatic hydroxyl groups is 1. The second kappa shape index (κ2) is 9.78. The Hall–Kier alpha value is -3.13. The fourth-order valence-corrected chi connectivity index (χ4v) is 4.52. The van der Waals surface area contributed by atoms with Gasteiger partial charge in [-0.05, 0) is 67.2 Å². The lowest BCUT2D eigenvalue weighted by Crippen LogP contribution is -2.45. The van der Waals surface area contributed by atoms with Crippen molar-refractivity contribution in [3.05, 3.63) is 102 Å². The van der Waals surface area contributed by atoms with Gasteiger partial charge in [0.15, 0.2) is 0 Å². The van der Waals surface area contributed by atoms with Gasteiger partial charge in [0, 0.05) is 6.54 Å². The number of ether oxygens (including phenoxy) is 1. The molecule has 1 heterocycles. The van der Waals surface area contributed by atoms with E-state index < -0.39 is 5.60 Å². The van der Waals surface area contributed by atoms with Gasteiger partial charge in [0.2, 0.25) is 0 Å². The maximum Gasteiger partial charge on any atom is 0.119 e. The van der Waals surface area contributed by atoms with Crippen molar-refractivity contribution in [3.63, 3.8) is 0 Å². The maximum atomic E-state index is 12.0. The van der Waals surface area contributed by atoms with Crippen LogP contribution < -0.4 is 4.74 Å². The Morgan fingerprint density at radius 3 is 1.94 bits per heavy atom. The third kappa shape index (κ3) is 4.80. The molecule has 158 valence electrons. The van der Waals surface area contributed by atoms with Gasteiger partial charge in [0.25, 0.3) is 0 Å². The Kier molecular flexibility index (Phi) is 6.66. The summed E-state index contributed by atoms with van der Waals surface area (Å²) in [4.78, 5) is 2.40. The van der Waals surface area contributed by atoms with Crippen molar-refractivity contribution in [1.82, 2.24) is 4.90 Å². The molecule has 3 aromatic carbocycles. The van der Waals surface area contributed by atoms with Crippen LogP contribution in [-0.4, -0.2) is 36.2 Å². The summed E-state index contributed by atoms with van der Waals surface area (Å²) in [6.07, 6.45) is 1.86. The van der Waals surface area contributed by atoms with Crippen molar-refractivity contribution in [2.24, 2.45) is 5.92 Å². The standard InChI is InChI=1S/C27H28N2O2/c28-21-22-11-13-26(14-12-22)31-20-19-29-17-15-25(16-18-29)27(30,23-7-3-1-4-8-23)24-9-5-2-6-10-24/h1-14,25,30H,15-20H2. The van der Waals surface area contributed by atoms with Gasteiger partial charge in [0.05, 0.1) is 11.6 Å². The van der Waals surface area contributed by atoms with Crippen LogP contribution in [0.1, 0.15) is 29.5 Å². The number of piperidine rings is 1. The largest absolute Gasteiger partial charge is 0.492 e. The summed E-state index contributed by atoms with van der Waals surface area (Å²) in [6, 6.07) is 29.4. The van der Waals surface area contributed by atoms with Crippen LogP contribution in [0.3, 0.4) is 0 Å². The summed E-state index contributed by atoms with van der Waals surface area (Å²) in [6.45, 7) is 3.33. The molecular formula is C27H28N2O2. The molecule has 1 saturated heterocycles. The quantitative estimate of drug-likeness (QED) is 0.617. The van der Waals surface area contributed by atoms with E-state index in [4.69, 9.17) is 10.00 Å². The van der Waals surface area contributed by atoms with Crippen LogP contribution >= 0.6 is 0 Å². The number of benzene rings is 3. The molecule has 4 rings (SSSR count). The Labute approximate surface area is 184 Å². The molecule has 0 aliphatic carbocycles. The Balaban J connectivity index is 1.37. The van der Waals surface area contributed by atoms with Crippen molar-refractivity contribution in [3.8, 4) is 11.8 Å². The van der Waals surface area contributed by atoms with E-state index in [1.165, 1.54) is 0 Å². The third-order valence-corrected chi connectivity index (χ3v) is 6.27. The molecule has 0 aromatic heterocycles. The predicted octanol–water partition coefficient (Wildman–Crippen LogP) is 4.59. The molecule has 0 amide bonds. The topological polar surface area (TPSA) is 56.5 Å². The van der Waals surface area contributed by atoms with Gasteiger partial charge in [-0.3, -0.25) is 4.90 Å². The second-order valence-electron chi connectivity index (χ2n) is 8.10. The first-order valence-corrected chi connectivity index (χ1v) is 10.9. The van der Waals surface area contributed by atoms with Crippen LogP contribution in [0.5, 0.6) is 5.75 Å². The normalized spacial score (nSPS) is 15.4. The Morgan fingerprint density at radius 1 is 0.871 bits per heavy atom. The van der Waals surface area contributed by atoms with Gasteiger partial charge in [-0.15, -0.1) is 0 Å². The number of likely N-dealkylation sites (tertiary alicyclic amines) is 1. The van der Waals surface area contributed by atoms with Crippen LogP contribution in [0.2, 0.25) is 0 Å². The number of hydrogen-bond donors (Lipinski definition) is 1. The lowest BCUT2D eigenvalue weighted by molar-refractivity contribution is -0.0153. The van der Waals surface area contributed by atoms with E-state index in [1.54, 1.807) is 12.1 Å². The summed E-state index contributed by atoms with van der Waals surface area (Å²) in [5, 5.41) is 20.8. The molecule has 0 saturated carbocycles. The summed E-state index contributed by atoms with van der Waals surface area (Å²) in [7, 11) is 0. The molecular weight excluding hydrogens is 384 g/mol.